The van der Waals surface area contributed by atoms with Crippen LogP contribution in [0.15, 0.2) is 0 Å². The van der Waals surface area contributed by atoms with Crippen LogP contribution in [0.4, 0.5) is 0 Å². The van der Waals surface area contributed by atoms with Gasteiger partial charge in [0.2, 0.25) is 5.91 Å². The van der Waals surface area contributed by atoms with Crippen molar-refractivity contribution in [1.29, 1.82) is 0 Å². The van der Waals surface area contributed by atoms with E-state index in [0.29, 0.717) is 18.2 Å². The second kappa shape index (κ2) is 5.61. The minimum atomic E-state index is 0.250. The standard InChI is InChI=1S/C10H20N2OS/c1-8-4-3-5-12(9(8)6-11)10(13)7-14-2/h8-9H,3-7,11H2,1-2H3. The van der Waals surface area contributed by atoms with Gasteiger partial charge in [0.05, 0.1) is 5.75 Å². The number of piperidine rings is 1. The van der Waals surface area contributed by atoms with Gasteiger partial charge in [0, 0.05) is 19.1 Å². The maximum Gasteiger partial charge on any atom is 0.232 e. The summed E-state index contributed by atoms with van der Waals surface area (Å²) in [7, 11) is 0. The van der Waals surface area contributed by atoms with Crippen LogP contribution in [0.2, 0.25) is 0 Å². The summed E-state index contributed by atoms with van der Waals surface area (Å²) in [5.41, 5.74) is 5.72. The lowest BCUT2D eigenvalue weighted by Crippen LogP contribution is -2.51. The summed E-state index contributed by atoms with van der Waals surface area (Å²) in [5, 5.41) is 0. The van der Waals surface area contributed by atoms with E-state index in [2.05, 4.69) is 6.92 Å². The number of nitrogens with two attached hydrogens (primary N) is 1. The normalized spacial score (nSPS) is 27.8. The third kappa shape index (κ3) is 2.64. The summed E-state index contributed by atoms with van der Waals surface area (Å²) in [6, 6.07) is 0.267. The van der Waals surface area contributed by atoms with Gasteiger partial charge >= 0.3 is 0 Å². The largest absolute Gasteiger partial charge is 0.337 e. The first-order valence-electron chi connectivity index (χ1n) is 5.19. The zero-order valence-corrected chi connectivity index (χ0v) is 9.85. The van der Waals surface area contributed by atoms with Gasteiger partial charge in [-0.25, -0.2) is 0 Å². The first kappa shape index (κ1) is 11.9. The zero-order chi connectivity index (χ0) is 10.6. The zero-order valence-electron chi connectivity index (χ0n) is 9.03. The van der Waals surface area contributed by atoms with Gasteiger partial charge in [0.15, 0.2) is 0 Å². The number of hydrogen-bond acceptors (Lipinski definition) is 3. The molecule has 1 fully saturated rings. The van der Waals surface area contributed by atoms with Gasteiger partial charge in [-0.15, -0.1) is 0 Å². The van der Waals surface area contributed by atoms with Crippen LogP contribution in [0.5, 0.6) is 0 Å². The molecule has 0 bridgehead atoms. The lowest BCUT2D eigenvalue weighted by atomic mass is 9.91. The molecular formula is C10H20N2OS. The summed E-state index contributed by atoms with van der Waals surface area (Å²) in [6.45, 7) is 3.68. The van der Waals surface area contributed by atoms with E-state index in [-0.39, 0.29) is 11.9 Å². The Hall–Kier alpha value is -0.220. The fourth-order valence-corrected chi connectivity index (χ4v) is 2.54. The summed E-state index contributed by atoms with van der Waals surface area (Å²) in [6.07, 6.45) is 4.28. The van der Waals surface area contributed by atoms with Gasteiger partial charge in [-0.1, -0.05) is 6.92 Å². The molecule has 2 atom stereocenters. The summed E-state index contributed by atoms with van der Waals surface area (Å²) >= 11 is 1.59. The lowest BCUT2D eigenvalue weighted by molar-refractivity contribution is -0.133. The number of nitrogens with zero attached hydrogens (tertiary/aromatic N) is 1. The number of hydrogen-bond donors (Lipinski definition) is 1. The third-order valence-corrected chi connectivity index (χ3v) is 3.48. The summed E-state index contributed by atoms with van der Waals surface area (Å²) < 4.78 is 0. The minimum absolute atomic E-state index is 0.250. The van der Waals surface area contributed by atoms with Crippen molar-refractivity contribution in [2.24, 2.45) is 11.7 Å². The highest BCUT2D eigenvalue weighted by Gasteiger charge is 2.30. The second-order valence-electron chi connectivity index (χ2n) is 3.94. The third-order valence-electron chi connectivity index (χ3n) is 2.95. The molecule has 3 nitrogen and oxygen atoms in total. The molecule has 14 heavy (non-hydrogen) atoms. The first-order valence-corrected chi connectivity index (χ1v) is 6.58. The molecule has 82 valence electrons. The van der Waals surface area contributed by atoms with Crippen molar-refractivity contribution in [1.82, 2.24) is 4.90 Å². The molecular weight excluding hydrogens is 196 g/mol. The number of carbonyl (C=O) groups excluding carboxylic acids is 1. The Balaban J connectivity index is 2.59. The van der Waals surface area contributed by atoms with E-state index in [1.54, 1.807) is 11.8 Å². The van der Waals surface area contributed by atoms with Gasteiger partial charge in [-0.2, -0.15) is 11.8 Å². The van der Waals surface area contributed by atoms with E-state index in [9.17, 15) is 4.79 Å². The maximum absolute atomic E-state index is 11.8. The van der Waals surface area contributed by atoms with Crippen LogP contribution in [0.1, 0.15) is 19.8 Å². The lowest BCUT2D eigenvalue weighted by Gasteiger charge is -2.39. The molecule has 0 aromatic carbocycles. The van der Waals surface area contributed by atoms with E-state index in [4.69, 9.17) is 5.73 Å². The average Bonchev–Trinajstić information content (AvgIpc) is 2.17. The fourth-order valence-electron chi connectivity index (χ4n) is 2.12. The van der Waals surface area contributed by atoms with Crippen LogP contribution >= 0.6 is 11.8 Å². The summed E-state index contributed by atoms with van der Waals surface area (Å²) in [4.78, 5) is 13.7. The molecule has 1 heterocycles. The molecule has 1 rings (SSSR count). The fraction of sp³-hybridized carbons (Fsp3) is 0.900. The molecule has 1 amide bonds. The van der Waals surface area contributed by atoms with E-state index in [1.165, 1.54) is 6.42 Å². The molecule has 2 unspecified atom stereocenters. The first-order chi connectivity index (χ1) is 6.70. The van der Waals surface area contributed by atoms with E-state index < -0.39 is 0 Å². The van der Waals surface area contributed by atoms with Gasteiger partial charge in [0.1, 0.15) is 0 Å². The van der Waals surface area contributed by atoms with Crippen molar-refractivity contribution in [3.63, 3.8) is 0 Å². The monoisotopic (exact) mass is 216 g/mol. The average molecular weight is 216 g/mol. The summed E-state index contributed by atoms with van der Waals surface area (Å²) in [5.74, 6) is 1.39. The van der Waals surface area contributed by atoms with Crippen molar-refractivity contribution in [2.45, 2.75) is 25.8 Å². The Morgan fingerprint density at radius 3 is 2.93 bits per heavy atom. The number of carbonyl (C=O) groups is 1. The molecule has 1 aliphatic heterocycles. The molecule has 0 aromatic rings. The maximum atomic E-state index is 11.8. The predicted molar refractivity (Wildman–Crippen MR) is 61.3 cm³/mol. The van der Waals surface area contributed by atoms with Crippen LogP contribution in [0.3, 0.4) is 0 Å². The van der Waals surface area contributed by atoms with Crippen LogP contribution in [-0.2, 0) is 4.79 Å². The molecule has 0 aromatic heterocycles. The number of amides is 1. The highest BCUT2D eigenvalue weighted by molar-refractivity contribution is 7.99. The van der Waals surface area contributed by atoms with E-state index in [1.807, 2.05) is 11.2 Å². The Morgan fingerprint density at radius 2 is 2.36 bits per heavy atom. The molecule has 2 N–H and O–H groups in total. The molecule has 0 aliphatic carbocycles. The van der Waals surface area contributed by atoms with Crippen molar-refractivity contribution >= 4 is 17.7 Å². The molecule has 1 saturated heterocycles. The SMILES string of the molecule is CSCC(=O)N1CCCC(C)C1CN. The topological polar surface area (TPSA) is 46.3 Å². The minimum Gasteiger partial charge on any atom is -0.337 e. The second-order valence-corrected chi connectivity index (χ2v) is 4.81. The molecule has 4 heteroatoms. The van der Waals surface area contributed by atoms with Crippen LogP contribution < -0.4 is 5.73 Å². The highest BCUT2D eigenvalue weighted by atomic mass is 32.2. The van der Waals surface area contributed by atoms with Crippen molar-refractivity contribution < 1.29 is 4.79 Å². The number of likely N-dealkylation sites (tertiary alicyclic amines) is 1. The molecule has 1 aliphatic rings. The van der Waals surface area contributed by atoms with Crippen molar-refractivity contribution in [2.75, 3.05) is 25.1 Å². The Kier molecular flexibility index (Phi) is 4.75. The van der Waals surface area contributed by atoms with Crippen LogP contribution in [0, 0.1) is 5.92 Å². The van der Waals surface area contributed by atoms with Crippen LogP contribution in [0.25, 0.3) is 0 Å². The molecule has 0 radical (unpaired) electrons. The quantitative estimate of drug-likeness (QED) is 0.763. The number of rotatable bonds is 3. The van der Waals surface area contributed by atoms with Crippen molar-refractivity contribution in [3.8, 4) is 0 Å². The van der Waals surface area contributed by atoms with Gasteiger partial charge in [-0.3, -0.25) is 4.79 Å². The van der Waals surface area contributed by atoms with Gasteiger partial charge in [0.25, 0.3) is 0 Å². The Morgan fingerprint density at radius 1 is 1.64 bits per heavy atom. The predicted octanol–water partition coefficient (Wildman–Crippen LogP) is 0.935. The van der Waals surface area contributed by atoms with Gasteiger partial charge in [-0.05, 0) is 25.0 Å². The van der Waals surface area contributed by atoms with Gasteiger partial charge < -0.3 is 10.6 Å². The van der Waals surface area contributed by atoms with Crippen molar-refractivity contribution in [3.05, 3.63) is 0 Å². The van der Waals surface area contributed by atoms with E-state index in [0.717, 1.165) is 13.0 Å². The highest BCUT2D eigenvalue weighted by Crippen LogP contribution is 2.23. The van der Waals surface area contributed by atoms with E-state index >= 15 is 0 Å². The van der Waals surface area contributed by atoms with Crippen LogP contribution in [-0.4, -0.2) is 41.9 Å². The molecule has 0 spiro atoms. The Bertz CT molecular complexity index is 199. The number of thioether (sulfide) groups is 1. The smallest absolute Gasteiger partial charge is 0.232 e. The Labute approximate surface area is 90.4 Å². The molecule has 0 saturated carbocycles.